The van der Waals surface area contributed by atoms with E-state index in [-0.39, 0.29) is 23.8 Å². The molecule has 4 N–H and O–H groups in total. The van der Waals surface area contributed by atoms with Crippen molar-refractivity contribution >= 4 is 28.5 Å². The van der Waals surface area contributed by atoms with Gasteiger partial charge in [-0.3, -0.25) is 9.79 Å². The van der Waals surface area contributed by atoms with Crippen LogP contribution in [-0.4, -0.2) is 40.3 Å². The maximum atomic E-state index is 12.8. The summed E-state index contributed by atoms with van der Waals surface area (Å²) in [6, 6.07) is 16.0. The molecule has 1 aliphatic rings. The lowest BCUT2D eigenvalue weighted by molar-refractivity contribution is 0.0939. The Balaban J connectivity index is 1.65. The van der Waals surface area contributed by atoms with Crippen molar-refractivity contribution in [3.05, 3.63) is 65.5 Å². The first-order valence-corrected chi connectivity index (χ1v) is 12.1. The topological polar surface area (TPSA) is 105 Å². The number of carbonyl (C=O) groups is 1. The number of benzene rings is 2. The molecule has 1 saturated carbocycles. The van der Waals surface area contributed by atoms with Gasteiger partial charge in [0, 0.05) is 23.5 Å². The fraction of sp³-hybridized carbons (Fsp3) is 0.407. The summed E-state index contributed by atoms with van der Waals surface area (Å²) >= 11 is 0. The van der Waals surface area contributed by atoms with Crippen molar-refractivity contribution in [2.75, 3.05) is 11.9 Å². The van der Waals surface area contributed by atoms with E-state index in [1.54, 1.807) is 0 Å². The standard InChI is InChI=1S/C27H34N6O/c1-17(2)16-29-27(34)26-31-21-14-13-18(3)15-20(21)25(33-26)32-23-12-8-7-11-22(23)30-24(28)19-9-5-4-6-10-19/h4-6,9-10,13-15,17,22-23H,7-8,11-12,16H2,1-3H3,(H2,28,30)(H,29,34)(H,31,32,33)/t22-,23+/m1/s1. The molecule has 0 saturated heterocycles. The third-order valence-electron chi connectivity index (χ3n) is 6.15. The Morgan fingerprint density at radius 2 is 1.88 bits per heavy atom. The number of aliphatic imine (C=N–C) groups is 1. The molecule has 0 bridgehead atoms. The first kappa shape index (κ1) is 23.7. The molecule has 1 fully saturated rings. The summed E-state index contributed by atoms with van der Waals surface area (Å²) in [7, 11) is 0. The molecule has 34 heavy (non-hydrogen) atoms. The first-order valence-electron chi connectivity index (χ1n) is 12.1. The van der Waals surface area contributed by atoms with E-state index < -0.39 is 0 Å². The molecule has 2 atom stereocenters. The fourth-order valence-corrected chi connectivity index (χ4v) is 4.30. The molecule has 1 aromatic heterocycles. The number of amidine groups is 1. The molecule has 2 aromatic carbocycles. The Morgan fingerprint density at radius 1 is 1.12 bits per heavy atom. The molecule has 0 aliphatic heterocycles. The van der Waals surface area contributed by atoms with Gasteiger partial charge in [0.05, 0.1) is 11.6 Å². The number of nitrogens with zero attached hydrogens (tertiary/aromatic N) is 3. The van der Waals surface area contributed by atoms with Crippen LogP contribution in [0.5, 0.6) is 0 Å². The second kappa shape index (κ2) is 10.6. The van der Waals surface area contributed by atoms with Crippen molar-refractivity contribution in [2.45, 2.75) is 58.5 Å². The van der Waals surface area contributed by atoms with Crippen molar-refractivity contribution in [1.29, 1.82) is 0 Å². The predicted octanol–water partition coefficient (Wildman–Crippen LogP) is 4.45. The van der Waals surface area contributed by atoms with E-state index in [1.807, 2.05) is 49.4 Å². The van der Waals surface area contributed by atoms with E-state index in [0.717, 1.165) is 47.7 Å². The van der Waals surface area contributed by atoms with Crippen LogP contribution in [0, 0.1) is 12.8 Å². The number of amides is 1. The number of aromatic nitrogens is 2. The van der Waals surface area contributed by atoms with Crippen LogP contribution < -0.4 is 16.4 Å². The molecule has 1 heterocycles. The predicted molar refractivity (Wildman–Crippen MR) is 138 cm³/mol. The van der Waals surface area contributed by atoms with Crippen molar-refractivity contribution in [3.8, 4) is 0 Å². The minimum absolute atomic E-state index is 0.0296. The van der Waals surface area contributed by atoms with Crippen LogP contribution in [0.15, 0.2) is 53.5 Å². The average molecular weight is 459 g/mol. The molecule has 0 radical (unpaired) electrons. The van der Waals surface area contributed by atoms with Gasteiger partial charge in [0.2, 0.25) is 5.82 Å². The fourth-order valence-electron chi connectivity index (χ4n) is 4.30. The SMILES string of the molecule is Cc1ccc2nc(C(=O)NCC(C)C)nc(N[C@H]3CCCC[C@H]3N=C(N)c3ccccc3)c2c1. The number of hydrogen-bond acceptors (Lipinski definition) is 5. The van der Waals surface area contributed by atoms with Gasteiger partial charge in [-0.15, -0.1) is 0 Å². The van der Waals surface area contributed by atoms with E-state index in [1.165, 1.54) is 0 Å². The number of anilines is 1. The number of hydrogen-bond donors (Lipinski definition) is 3. The average Bonchev–Trinajstić information content (AvgIpc) is 2.84. The van der Waals surface area contributed by atoms with Gasteiger partial charge in [-0.2, -0.15) is 0 Å². The van der Waals surface area contributed by atoms with Gasteiger partial charge in [-0.1, -0.05) is 68.7 Å². The number of rotatable bonds is 7. The summed E-state index contributed by atoms with van der Waals surface area (Å²) in [6.45, 7) is 6.74. The third kappa shape index (κ3) is 5.71. The highest BCUT2D eigenvalue weighted by Crippen LogP contribution is 2.28. The summed E-state index contributed by atoms with van der Waals surface area (Å²) in [4.78, 5) is 26.9. The van der Waals surface area contributed by atoms with Crippen LogP contribution in [0.2, 0.25) is 0 Å². The Kier molecular flexibility index (Phi) is 7.40. The summed E-state index contributed by atoms with van der Waals surface area (Å²) in [5.74, 6) is 1.50. The van der Waals surface area contributed by atoms with Crippen molar-refractivity contribution in [2.24, 2.45) is 16.6 Å². The lowest BCUT2D eigenvalue weighted by Gasteiger charge is -2.30. The van der Waals surface area contributed by atoms with Crippen LogP contribution in [0.3, 0.4) is 0 Å². The van der Waals surface area contributed by atoms with E-state index in [9.17, 15) is 4.79 Å². The monoisotopic (exact) mass is 458 g/mol. The Hall–Kier alpha value is -3.48. The van der Waals surface area contributed by atoms with Crippen LogP contribution >= 0.6 is 0 Å². The first-order chi connectivity index (χ1) is 16.4. The minimum Gasteiger partial charge on any atom is -0.383 e. The van der Waals surface area contributed by atoms with Crippen LogP contribution in [-0.2, 0) is 0 Å². The maximum Gasteiger partial charge on any atom is 0.289 e. The van der Waals surface area contributed by atoms with Gasteiger partial charge in [-0.25, -0.2) is 9.97 Å². The van der Waals surface area contributed by atoms with Crippen molar-refractivity contribution in [3.63, 3.8) is 0 Å². The summed E-state index contributed by atoms with van der Waals surface area (Å²) in [5, 5.41) is 7.46. The molecule has 1 amide bonds. The smallest absolute Gasteiger partial charge is 0.289 e. The number of aryl methyl sites for hydroxylation is 1. The lowest BCUT2D eigenvalue weighted by atomic mass is 9.90. The van der Waals surface area contributed by atoms with Gasteiger partial charge >= 0.3 is 0 Å². The van der Waals surface area contributed by atoms with E-state index in [4.69, 9.17) is 10.7 Å². The highest BCUT2D eigenvalue weighted by atomic mass is 16.2. The van der Waals surface area contributed by atoms with Gasteiger partial charge in [0.1, 0.15) is 11.7 Å². The highest BCUT2D eigenvalue weighted by molar-refractivity contribution is 5.98. The van der Waals surface area contributed by atoms with Crippen molar-refractivity contribution in [1.82, 2.24) is 15.3 Å². The number of carbonyl (C=O) groups excluding carboxylic acids is 1. The molecular formula is C27H34N6O. The Labute approximate surface area is 201 Å². The lowest BCUT2D eigenvalue weighted by Crippen LogP contribution is -2.37. The third-order valence-corrected chi connectivity index (χ3v) is 6.15. The number of fused-ring (bicyclic) bond motifs is 1. The zero-order valence-electron chi connectivity index (χ0n) is 20.2. The normalized spacial score (nSPS) is 18.8. The molecule has 4 rings (SSSR count). The minimum atomic E-state index is -0.259. The summed E-state index contributed by atoms with van der Waals surface area (Å²) in [6.07, 6.45) is 4.14. The maximum absolute atomic E-state index is 12.8. The molecule has 7 nitrogen and oxygen atoms in total. The molecule has 7 heteroatoms. The van der Waals surface area contributed by atoms with Crippen molar-refractivity contribution < 1.29 is 4.79 Å². The second-order valence-corrected chi connectivity index (χ2v) is 9.50. The van der Waals surface area contributed by atoms with E-state index in [2.05, 4.69) is 40.5 Å². The molecular weight excluding hydrogens is 424 g/mol. The van der Waals surface area contributed by atoms with Crippen LogP contribution in [0.4, 0.5) is 5.82 Å². The van der Waals surface area contributed by atoms with Gasteiger partial charge in [0.15, 0.2) is 0 Å². The Morgan fingerprint density at radius 3 is 2.65 bits per heavy atom. The molecule has 178 valence electrons. The number of nitrogens with two attached hydrogens (primary N) is 1. The molecule has 0 spiro atoms. The zero-order chi connectivity index (χ0) is 24.1. The zero-order valence-corrected chi connectivity index (χ0v) is 20.2. The van der Waals surface area contributed by atoms with Gasteiger partial charge in [-0.05, 0) is 37.8 Å². The summed E-state index contributed by atoms with van der Waals surface area (Å²) < 4.78 is 0. The number of nitrogens with one attached hydrogen (secondary N) is 2. The van der Waals surface area contributed by atoms with Gasteiger partial charge in [0.25, 0.3) is 5.91 Å². The summed E-state index contributed by atoms with van der Waals surface area (Å²) in [5.41, 5.74) is 9.15. The van der Waals surface area contributed by atoms with Crippen LogP contribution in [0.25, 0.3) is 10.9 Å². The molecule has 3 aromatic rings. The van der Waals surface area contributed by atoms with E-state index in [0.29, 0.717) is 24.1 Å². The molecule has 1 aliphatic carbocycles. The second-order valence-electron chi connectivity index (χ2n) is 9.50. The largest absolute Gasteiger partial charge is 0.383 e. The van der Waals surface area contributed by atoms with E-state index >= 15 is 0 Å². The van der Waals surface area contributed by atoms with Gasteiger partial charge < -0.3 is 16.4 Å². The quantitative estimate of drug-likeness (QED) is 0.358. The molecule has 0 unspecified atom stereocenters. The highest BCUT2D eigenvalue weighted by Gasteiger charge is 2.27. The Bertz CT molecular complexity index is 1170. The van der Waals surface area contributed by atoms with Crippen LogP contribution in [0.1, 0.15) is 61.3 Å².